The predicted octanol–water partition coefficient (Wildman–Crippen LogP) is 2.23. The Bertz CT molecular complexity index is 1220. The van der Waals surface area contributed by atoms with Crippen LogP contribution in [0.4, 0.5) is 4.79 Å². The first-order chi connectivity index (χ1) is 17.0. The van der Waals surface area contributed by atoms with Gasteiger partial charge in [0, 0.05) is 51.7 Å². The molecule has 0 aliphatic carbocycles. The van der Waals surface area contributed by atoms with E-state index in [2.05, 4.69) is 5.10 Å². The van der Waals surface area contributed by atoms with Gasteiger partial charge in [-0.15, -0.1) is 0 Å². The normalized spacial score (nSPS) is 18.3. The lowest BCUT2D eigenvalue weighted by atomic mass is 10.1. The van der Waals surface area contributed by atoms with E-state index in [1.807, 2.05) is 34.9 Å². The standard InChI is InChI=1S/C25H29N5O5/c1-2-34-25(33)29-12-10-28(11-13-29)23(31)20-16-27(15-19-9-6-14-35-19)17-21-22(20)26-30(24(21)32)18-7-4-3-5-8-18/h3-5,7-8,16-17,19H,2,6,9-15H2,1H3/t19-/m1/s1. The van der Waals surface area contributed by atoms with Crippen LogP contribution in [0.5, 0.6) is 0 Å². The number of hydrogen-bond donors (Lipinski definition) is 0. The molecule has 0 N–H and O–H groups in total. The molecule has 1 aromatic rings. The minimum atomic E-state index is -0.367. The first-order valence-corrected chi connectivity index (χ1v) is 12.1. The summed E-state index contributed by atoms with van der Waals surface area (Å²) >= 11 is 0. The molecule has 2 fully saturated rings. The van der Waals surface area contributed by atoms with Crippen molar-refractivity contribution in [2.45, 2.75) is 32.4 Å². The number of amides is 2. The molecule has 10 nitrogen and oxygen atoms in total. The number of rotatable bonds is 5. The quantitative estimate of drug-likeness (QED) is 0.557. The summed E-state index contributed by atoms with van der Waals surface area (Å²) in [4.78, 5) is 42.3. The van der Waals surface area contributed by atoms with E-state index in [4.69, 9.17) is 9.47 Å². The Balaban J connectivity index is 1.48. The van der Waals surface area contributed by atoms with E-state index in [0.717, 1.165) is 19.4 Å². The van der Waals surface area contributed by atoms with Crippen molar-refractivity contribution < 1.29 is 19.1 Å². The molecule has 0 unspecified atom stereocenters. The van der Waals surface area contributed by atoms with Crippen molar-refractivity contribution in [2.24, 2.45) is 0 Å². The van der Waals surface area contributed by atoms with Crippen molar-refractivity contribution in [3.8, 4) is 16.9 Å². The van der Waals surface area contributed by atoms with Gasteiger partial charge in [0.2, 0.25) is 0 Å². The molecular weight excluding hydrogens is 450 g/mol. The highest BCUT2D eigenvalue weighted by atomic mass is 16.6. The third-order valence-corrected chi connectivity index (χ3v) is 6.49. The highest BCUT2D eigenvalue weighted by molar-refractivity contribution is 6.00. The predicted molar refractivity (Wildman–Crippen MR) is 128 cm³/mol. The molecular formula is C25H29N5O5. The number of benzene rings is 1. The van der Waals surface area contributed by atoms with Crippen LogP contribution < -0.4 is 5.56 Å². The second kappa shape index (κ2) is 9.91. The molecule has 35 heavy (non-hydrogen) atoms. The van der Waals surface area contributed by atoms with Gasteiger partial charge >= 0.3 is 6.09 Å². The molecule has 0 aromatic heterocycles. The molecule has 4 heterocycles. The van der Waals surface area contributed by atoms with Gasteiger partial charge in [-0.1, -0.05) is 18.2 Å². The lowest BCUT2D eigenvalue weighted by Crippen LogP contribution is -2.50. The zero-order valence-electron chi connectivity index (χ0n) is 19.8. The number of carbonyl (C=O) groups is 2. The van der Waals surface area contributed by atoms with Crippen molar-refractivity contribution in [3.63, 3.8) is 0 Å². The summed E-state index contributed by atoms with van der Waals surface area (Å²) in [5, 5.41) is 4.57. The molecule has 1 aromatic carbocycles. The SMILES string of the molecule is CCOC(=O)N1CCN(C(=O)c2cn(C[C@H]3CCCO3)cc3c(=O)n(-c4ccccc4)nc2-3)CC1. The van der Waals surface area contributed by atoms with Crippen LogP contribution in [0.25, 0.3) is 16.9 Å². The van der Waals surface area contributed by atoms with Gasteiger partial charge in [-0.05, 0) is 31.9 Å². The molecule has 0 bridgehead atoms. The maximum Gasteiger partial charge on any atom is 0.409 e. The number of nitrogens with zero attached hydrogens (tertiary/aromatic N) is 5. The van der Waals surface area contributed by atoms with Gasteiger partial charge in [-0.3, -0.25) is 9.59 Å². The summed E-state index contributed by atoms with van der Waals surface area (Å²) in [5.74, 6) is -0.210. The summed E-state index contributed by atoms with van der Waals surface area (Å²) in [6, 6.07) is 9.17. The lowest BCUT2D eigenvalue weighted by molar-refractivity contribution is 0.0569. The average molecular weight is 480 g/mol. The van der Waals surface area contributed by atoms with E-state index in [1.54, 1.807) is 29.1 Å². The molecule has 1 atom stereocenters. The fourth-order valence-electron chi connectivity index (χ4n) is 4.67. The number of fused-ring (bicyclic) bond motifs is 1. The average Bonchev–Trinajstić information content (AvgIpc) is 3.52. The Kier molecular flexibility index (Phi) is 6.54. The van der Waals surface area contributed by atoms with Crippen molar-refractivity contribution in [3.05, 3.63) is 58.6 Å². The van der Waals surface area contributed by atoms with Crippen molar-refractivity contribution in [1.29, 1.82) is 0 Å². The molecule has 0 radical (unpaired) electrons. The van der Waals surface area contributed by atoms with E-state index >= 15 is 0 Å². The Morgan fingerprint density at radius 3 is 2.51 bits per heavy atom. The molecule has 0 saturated carbocycles. The number of pyridine rings is 1. The number of hydrogen-bond acceptors (Lipinski definition) is 6. The topological polar surface area (TPSA) is 98.9 Å². The summed E-state index contributed by atoms with van der Waals surface area (Å²) in [6.07, 6.45) is 5.16. The minimum Gasteiger partial charge on any atom is -0.450 e. The third kappa shape index (κ3) is 4.66. The number of para-hydroxylation sites is 1. The third-order valence-electron chi connectivity index (χ3n) is 6.49. The molecule has 5 rings (SSSR count). The fraction of sp³-hybridized carbons (Fsp3) is 0.440. The highest BCUT2D eigenvalue weighted by Crippen LogP contribution is 2.25. The second-order valence-electron chi connectivity index (χ2n) is 8.80. The molecule has 184 valence electrons. The Labute approximate surface area is 203 Å². The Hall–Kier alpha value is -3.66. The van der Waals surface area contributed by atoms with E-state index in [1.165, 1.54) is 4.68 Å². The van der Waals surface area contributed by atoms with Gasteiger partial charge in [0.15, 0.2) is 0 Å². The highest BCUT2D eigenvalue weighted by Gasteiger charge is 2.31. The Morgan fingerprint density at radius 2 is 1.83 bits per heavy atom. The van der Waals surface area contributed by atoms with Gasteiger partial charge in [0.05, 0.1) is 29.5 Å². The van der Waals surface area contributed by atoms with Gasteiger partial charge in [-0.25, -0.2) is 4.79 Å². The van der Waals surface area contributed by atoms with E-state index < -0.39 is 0 Å². The van der Waals surface area contributed by atoms with Gasteiger partial charge in [0.1, 0.15) is 5.69 Å². The van der Waals surface area contributed by atoms with Gasteiger partial charge < -0.3 is 23.8 Å². The second-order valence-corrected chi connectivity index (χ2v) is 8.80. The monoisotopic (exact) mass is 479 g/mol. The van der Waals surface area contributed by atoms with Crippen LogP contribution in [-0.2, 0) is 16.0 Å². The van der Waals surface area contributed by atoms with Crippen LogP contribution >= 0.6 is 0 Å². The first-order valence-electron chi connectivity index (χ1n) is 12.1. The summed E-state index contributed by atoms with van der Waals surface area (Å²) in [5.41, 5.74) is 1.51. The minimum absolute atomic E-state index is 0.0489. The first kappa shape index (κ1) is 23.1. The fourth-order valence-corrected chi connectivity index (χ4v) is 4.67. The van der Waals surface area contributed by atoms with Crippen molar-refractivity contribution in [2.75, 3.05) is 39.4 Å². The molecule has 0 spiro atoms. The van der Waals surface area contributed by atoms with E-state index in [0.29, 0.717) is 61.8 Å². The zero-order valence-corrected chi connectivity index (χ0v) is 19.8. The molecule has 4 aliphatic heterocycles. The number of ether oxygens (including phenoxy) is 2. The van der Waals surface area contributed by atoms with Crippen LogP contribution in [0.3, 0.4) is 0 Å². The molecule has 2 amide bonds. The van der Waals surface area contributed by atoms with E-state index in [-0.39, 0.29) is 23.7 Å². The number of piperazine rings is 1. The number of aromatic nitrogens is 3. The largest absolute Gasteiger partial charge is 0.450 e. The number of carbonyl (C=O) groups excluding carboxylic acids is 2. The van der Waals surface area contributed by atoms with Crippen LogP contribution in [0.1, 0.15) is 30.1 Å². The van der Waals surface area contributed by atoms with Crippen molar-refractivity contribution >= 4 is 12.0 Å². The smallest absolute Gasteiger partial charge is 0.409 e. The van der Waals surface area contributed by atoms with Crippen LogP contribution in [0, 0.1) is 0 Å². The van der Waals surface area contributed by atoms with Crippen LogP contribution in [0.15, 0.2) is 47.5 Å². The Morgan fingerprint density at radius 1 is 1.09 bits per heavy atom. The maximum absolute atomic E-state index is 13.7. The van der Waals surface area contributed by atoms with Crippen molar-refractivity contribution in [1.82, 2.24) is 24.1 Å². The van der Waals surface area contributed by atoms with Crippen LogP contribution in [0.2, 0.25) is 0 Å². The van der Waals surface area contributed by atoms with Crippen LogP contribution in [-0.4, -0.2) is 81.6 Å². The lowest BCUT2D eigenvalue weighted by Gasteiger charge is -2.34. The van der Waals surface area contributed by atoms with Gasteiger partial charge in [-0.2, -0.15) is 9.78 Å². The molecule has 2 saturated heterocycles. The molecule has 10 heteroatoms. The molecule has 4 aliphatic rings. The zero-order chi connectivity index (χ0) is 24.4. The summed E-state index contributed by atoms with van der Waals surface area (Å²) < 4.78 is 14.1. The maximum atomic E-state index is 13.7. The summed E-state index contributed by atoms with van der Waals surface area (Å²) in [7, 11) is 0. The summed E-state index contributed by atoms with van der Waals surface area (Å²) in [6.45, 7) is 4.90. The van der Waals surface area contributed by atoms with Gasteiger partial charge in [0.25, 0.3) is 11.5 Å². The van der Waals surface area contributed by atoms with E-state index in [9.17, 15) is 14.4 Å².